The Bertz CT molecular complexity index is 532. The van der Waals surface area contributed by atoms with Gasteiger partial charge in [0.15, 0.2) is 11.5 Å². The fraction of sp³-hybridized carbons (Fsp3) is 0.500. The number of carbonyl (C=O) groups excluding carboxylic acids is 1. The highest BCUT2D eigenvalue weighted by Crippen LogP contribution is 2.36. The van der Waals surface area contributed by atoms with Gasteiger partial charge in [-0.25, -0.2) is 0 Å². The fourth-order valence-corrected chi connectivity index (χ4v) is 2.68. The molecule has 3 rings (SSSR count). The van der Waals surface area contributed by atoms with Crippen molar-refractivity contribution in [2.24, 2.45) is 0 Å². The van der Waals surface area contributed by atoms with E-state index in [0.29, 0.717) is 22.7 Å². The van der Waals surface area contributed by atoms with Crippen molar-refractivity contribution in [1.29, 1.82) is 0 Å². The topological polar surface area (TPSA) is 93.8 Å². The highest BCUT2D eigenvalue weighted by Gasteiger charge is 2.26. The van der Waals surface area contributed by atoms with Crippen LogP contribution in [0.15, 0.2) is 12.1 Å². The summed E-state index contributed by atoms with van der Waals surface area (Å²) >= 11 is 0. The standard InChI is InChI=1S/C14H18N2O4/c15-9-6-13-12(19-7-20-13)5-8(9)14(18)16-10-3-1-2-4-11(10)17/h5-6,10-11,17H,1-4,7,15H2,(H,16,18). The molecule has 2 aliphatic rings. The second-order valence-corrected chi connectivity index (χ2v) is 5.22. The third-order valence-corrected chi connectivity index (χ3v) is 3.84. The van der Waals surface area contributed by atoms with E-state index >= 15 is 0 Å². The number of rotatable bonds is 2. The van der Waals surface area contributed by atoms with Gasteiger partial charge in [0, 0.05) is 11.8 Å². The van der Waals surface area contributed by atoms with Crippen LogP contribution in [0.1, 0.15) is 36.0 Å². The summed E-state index contributed by atoms with van der Waals surface area (Å²) in [7, 11) is 0. The Morgan fingerprint density at radius 2 is 1.95 bits per heavy atom. The summed E-state index contributed by atoms with van der Waals surface area (Å²) in [6.45, 7) is 0.140. The summed E-state index contributed by atoms with van der Waals surface area (Å²) in [6.07, 6.45) is 3.04. The highest BCUT2D eigenvalue weighted by molar-refractivity contribution is 6.00. The zero-order valence-electron chi connectivity index (χ0n) is 11.1. The van der Waals surface area contributed by atoms with Crippen molar-refractivity contribution in [3.05, 3.63) is 17.7 Å². The largest absolute Gasteiger partial charge is 0.454 e. The van der Waals surface area contributed by atoms with Crippen LogP contribution in [0.3, 0.4) is 0 Å². The minimum atomic E-state index is -0.483. The number of anilines is 1. The summed E-state index contributed by atoms with van der Waals surface area (Å²) in [5.41, 5.74) is 6.57. The molecule has 1 saturated carbocycles. The zero-order chi connectivity index (χ0) is 14.1. The molecule has 0 aromatic heterocycles. The Morgan fingerprint density at radius 3 is 2.70 bits per heavy atom. The van der Waals surface area contributed by atoms with Gasteiger partial charge < -0.3 is 25.6 Å². The number of benzene rings is 1. The van der Waals surface area contributed by atoms with E-state index in [0.717, 1.165) is 25.7 Å². The Balaban J connectivity index is 1.77. The molecule has 2 atom stereocenters. The lowest BCUT2D eigenvalue weighted by atomic mass is 9.92. The molecule has 0 saturated heterocycles. The van der Waals surface area contributed by atoms with Crippen LogP contribution in [0.2, 0.25) is 0 Å². The molecule has 1 aromatic rings. The lowest BCUT2D eigenvalue weighted by molar-refractivity contribution is 0.0717. The van der Waals surface area contributed by atoms with Gasteiger partial charge in [0.25, 0.3) is 5.91 Å². The van der Waals surface area contributed by atoms with Gasteiger partial charge in [0.2, 0.25) is 6.79 Å². The molecule has 1 heterocycles. The van der Waals surface area contributed by atoms with Gasteiger partial charge >= 0.3 is 0 Å². The lowest BCUT2D eigenvalue weighted by Gasteiger charge is -2.28. The maximum Gasteiger partial charge on any atom is 0.253 e. The van der Waals surface area contributed by atoms with Gasteiger partial charge in [-0.05, 0) is 18.9 Å². The molecule has 0 bridgehead atoms. The summed E-state index contributed by atoms with van der Waals surface area (Å²) in [6, 6.07) is 2.97. The van der Waals surface area contributed by atoms with Crippen molar-refractivity contribution < 1.29 is 19.4 Å². The van der Waals surface area contributed by atoms with E-state index < -0.39 is 6.10 Å². The monoisotopic (exact) mass is 278 g/mol. The van der Waals surface area contributed by atoms with E-state index in [1.807, 2.05) is 0 Å². The molecule has 20 heavy (non-hydrogen) atoms. The number of nitrogen functional groups attached to an aromatic ring is 1. The second kappa shape index (κ2) is 5.20. The Labute approximate surface area is 116 Å². The van der Waals surface area contributed by atoms with Crippen LogP contribution < -0.4 is 20.5 Å². The molecular weight excluding hydrogens is 260 g/mol. The van der Waals surface area contributed by atoms with Gasteiger partial charge in [-0.15, -0.1) is 0 Å². The first-order chi connectivity index (χ1) is 9.65. The average Bonchev–Trinajstić information content (AvgIpc) is 2.87. The van der Waals surface area contributed by atoms with Crippen molar-refractivity contribution in [2.75, 3.05) is 12.5 Å². The fourth-order valence-electron chi connectivity index (χ4n) is 2.68. The van der Waals surface area contributed by atoms with Gasteiger partial charge in [-0.2, -0.15) is 0 Å². The van der Waals surface area contributed by atoms with Gasteiger partial charge in [0.1, 0.15) is 0 Å². The quantitative estimate of drug-likeness (QED) is 0.702. The van der Waals surface area contributed by atoms with Crippen LogP contribution in [-0.4, -0.2) is 30.0 Å². The number of hydrogen-bond acceptors (Lipinski definition) is 5. The number of nitrogens with one attached hydrogen (secondary N) is 1. The smallest absolute Gasteiger partial charge is 0.253 e. The molecule has 6 heteroatoms. The van der Waals surface area contributed by atoms with Crippen LogP contribution in [0, 0.1) is 0 Å². The molecule has 0 radical (unpaired) electrons. The molecule has 1 amide bonds. The Morgan fingerprint density at radius 1 is 1.25 bits per heavy atom. The minimum absolute atomic E-state index is 0.140. The van der Waals surface area contributed by atoms with Crippen molar-refractivity contribution >= 4 is 11.6 Å². The van der Waals surface area contributed by atoms with Crippen molar-refractivity contribution in [1.82, 2.24) is 5.32 Å². The third kappa shape index (κ3) is 2.38. The van der Waals surface area contributed by atoms with E-state index in [1.54, 1.807) is 12.1 Å². The zero-order valence-corrected chi connectivity index (χ0v) is 11.1. The lowest BCUT2D eigenvalue weighted by Crippen LogP contribution is -2.45. The number of fused-ring (bicyclic) bond motifs is 1. The molecule has 2 unspecified atom stereocenters. The van der Waals surface area contributed by atoms with Crippen LogP contribution in [0.5, 0.6) is 11.5 Å². The molecule has 1 fully saturated rings. The summed E-state index contributed by atoms with van der Waals surface area (Å²) in [4.78, 5) is 12.3. The maximum atomic E-state index is 12.3. The predicted octanol–water partition coefficient (Wildman–Crippen LogP) is 1.03. The van der Waals surface area contributed by atoms with E-state index in [2.05, 4.69) is 5.32 Å². The van der Waals surface area contributed by atoms with E-state index in [9.17, 15) is 9.90 Å². The molecule has 6 nitrogen and oxygen atoms in total. The maximum absolute atomic E-state index is 12.3. The normalized spacial score (nSPS) is 24.4. The first kappa shape index (κ1) is 13.1. The first-order valence-electron chi connectivity index (χ1n) is 6.83. The summed E-state index contributed by atoms with van der Waals surface area (Å²) in [5.74, 6) is 0.789. The van der Waals surface area contributed by atoms with Crippen LogP contribution in [-0.2, 0) is 0 Å². The van der Waals surface area contributed by atoms with Crippen LogP contribution in [0.4, 0.5) is 5.69 Å². The van der Waals surface area contributed by atoms with Crippen LogP contribution in [0.25, 0.3) is 0 Å². The van der Waals surface area contributed by atoms with Gasteiger partial charge in [-0.1, -0.05) is 12.8 Å². The average molecular weight is 278 g/mol. The van der Waals surface area contributed by atoms with E-state index in [4.69, 9.17) is 15.2 Å². The number of amides is 1. The molecular formula is C14H18N2O4. The van der Waals surface area contributed by atoms with Gasteiger partial charge in [0.05, 0.1) is 17.7 Å². The van der Waals surface area contributed by atoms with Crippen molar-refractivity contribution in [3.8, 4) is 11.5 Å². The molecule has 1 aliphatic heterocycles. The highest BCUT2D eigenvalue weighted by atomic mass is 16.7. The number of ether oxygens (including phenoxy) is 2. The predicted molar refractivity (Wildman–Crippen MR) is 72.7 cm³/mol. The number of aliphatic hydroxyl groups excluding tert-OH is 1. The van der Waals surface area contributed by atoms with E-state index in [-0.39, 0.29) is 18.7 Å². The van der Waals surface area contributed by atoms with Crippen molar-refractivity contribution in [2.45, 2.75) is 37.8 Å². The van der Waals surface area contributed by atoms with E-state index in [1.165, 1.54) is 0 Å². The first-order valence-corrected chi connectivity index (χ1v) is 6.83. The molecule has 0 spiro atoms. The number of hydrogen-bond donors (Lipinski definition) is 3. The minimum Gasteiger partial charge on any atom is -0.454 e. The summed E-state index contributed by atoms with van der Waals surface area (Å²) in [5, 5.41) is 12.7. The molecule has 4 N–H and O–H groups in total. The molecule has 1 aliphatic carbocycles. The molecule has 1 aromatic carbocycles. The van der Waals surface area contributed by atoms with Gasteiger partial charge in [-0.3, -0.25) is 4.79 Å². The third-order valence-electron chi connectivity index (χ3n) is 3.84. The number of aliphatic hydroxyl groups is 1. The van der Waals surface area contributed by atoms with Crippen LogP contribution >= 0.6 is 0 Å². The Hall–Kier alpha value is -1.95. The summed E-state index contributed by atoms with van der Waals surface area (Å²) < 4.78 is 10.5. The SMILES string of the molecule is Nc1cc2c(cc1C(=O)NC1CCCCC1O)OCO2. The second-order valence-electron chi connectivity index (χ2n) is 5.22. The molecule has 108 valence electrons. The number of nitrogens with two attached hydrogens (primary N) is 1. The van der Waals surface area contributed by atoms with Crippen molar-refractivity contribution in [3.63, 3.8) is 0 Å². The number of carbonyl (C=O) groups is 1. The Kier molecular flexibility index (Phi) is 3.40.